The molecule has 3 rings (SSSR count). The Kier molecular flexibility index (Phi) is 4.57. The molecule has 0 radical (unpaired) electrons. The molecule has 1 fully saturated rings. The normalized spacial score (nSPS) is 17.2. The van der Waals surface area contributed by atoms with Crippen LogP contribution >= 0.6 is 27.3 Å². The van der Waals surface area contributed by atoms with Crippen molar-refractivity contribution in [3.63, 3.8) is 0 Å². The molecule has 0 atom stereocenters. The van der Waals surface area contributed by atoms with E-state index >= 15 is 0 Å². The van der Waals surface area contributed by atoms with Crippen LogP contribution in [0.1, 0.15) is 55.3 Å². The van der Waals surface area contributed by atoms with Crippen LogP contribution < -0.4 is 0 Å². The lowest BCUT2D eigenvalue weighted by molar-refractivity contribution is 0.0959. The van der Waals surface area contributed by atoms with Gasteiger partial charge in [0.2, 0.25) is 0 Å². The van der Waals surface area contributed by atoms with Crippen molar-refractivity contribution in [2.24, 2.45) is 5.92 Å². The largest absolute Gasteiger partial charge is 0.294 e. The third-order valence-electron chi connectivity index (χ3n) is 4.30. The van der Waals surface area contributed by atoms with Gasteiger partial charge < -0.3 is 0 Å². The first-order valence-corrected chi connectivity index (χ1v) is 9.12. The second-order valence-corrected chi connectivity index (χ2v) is 7.48. The fraction of sp³-hybridized carbons (Fsp3) is 0.471. The van der Waals surface area contributed by atoms with E-state index in [4.69, 9.17) is 0 Å². The molecule has 0 aliphatic heterocycles. The third kappa shape index (κ3) is 2.99. The van der Waals surface area contributed by atoms with Crippen LogP contribution in [0.2, 0.25) is 0 Å². The highest BCUT2D eigenvalue weighted by atomic mass is 79.9. The van der Waals surface area contributed by atoms with E-state index in [1.807, 2.05) is 17.5 Å². The molecule has 0 saturated heterocycles. The van der Waals surface area contributed by atoms with Gasteiger partial charge in [-0.05, 0) is 27.9 Å². The maximum absolute atomic E-state index is 12.6. The van der Waals surface area contributed by atoms with Gasteiger partial charge in [-0.25, -0.2) is 0 Å². The van der Waals surface area contributed by atoms with Crippen molar-refractivity contribution in [2.75, 3.05) is 0 Å². The van der Waals surface area contributed by atoms with Crippen molar-refractivity contribution in [1.82, 2.24) is 0 Å². The average molecular weight is 351 g/mol. The molecular formula is C17H19BrOS. The van der Waals surface area contributed by atoms with Gasteiger partial charge in [0.05, 0.1) is 0 Å². The van der Waals surface area contributed by atoms with E-state index in [0.717, 1.165) is 21.8 Å². The molecule has 0 unspecified atom stereocenters. The zero-order valence-electron chi connectivity index (χ0n) is 11.5. The summed E-state index contributed by atoms with van der Waals surface area (Å²) >= 11 is 5.23. The zero-order chi connectivity index (χ0) is 13.9. The van der Waals surface area contributed by atoms with Crippen LogP contribution in [0.25, 0.3) is 10.1 Å². The molecule has 3 heteroatoms. The highest BCUT2D eigenvalue weighted by molar-refractivity contribution is 9.10. The van der Waals surface area contributed by atoms with E-state index in [9.17, 15) is 4.79 Å². The summed E-state index contributed by atoms with van der Waals surface area (Å²) in [7, 11) is 0. The molecule has 1 aliphatic rings. The van der Waals surface area contributed by atoms with Crippen molar-refractivity contribution in [3.05, 3.63) is 33.6 Å². The Morgan fingerprint density at radius 3 is 2.70 bits per heavy atom. The Morgan fingerprint density at radius 1 is 1.20 bits per heavy atom. The lowest BCUT2D eigenvalue weighted by atomic mass is 9.92. The maximum Gasteiger partial charge on any atom is 0.164 e. The number of halogens is 1. The minimum Gasteiger partial charge on any atom is -0.294 e. The van der Waals surface area contributed by atoms with E-state index in [2.05, 4.69) is 22.0 Å². The Morgan fingerprint density at radius 2 is 1.95 bits per heavy atom. The minimum atomic E-state index is 0.334. The Balaban J connectivity index is 1.80. The number of benzene rings is 1. The average Bonchev–Trinajstić information content (AvgIpc) is 2.72. The lowest BCUT2D eigenvalue weighted by Crippen LogP contribution is -2.08. The summed E-state index contributed by atoms with van der Waals surface area (Å²) in [5, 5.41) is 3.15. The molecular weight excluding hydrogens is 332 g/mol. The second-order valence-electron chi connectivity index (χ2n) is 5.75. The highest BCUT2D eigenvalue weighted by Crippen LogP contribution is 2.34. The van der Waals surface area contributed by atoms with Crippen LogP contribution in [0, 0.1) is 5.92 Å². The number of carbonyl (C=O) groups is 1. The first-order valence-electron chi connectivity index (χ1n) is 7.44. The van der Waals surface area contributed by atoms with Crippen LogP contribution in [0.15, 0.2) is 28.1 Å². The fourth-order valence-electron chi connectivity index (χ4n) is 3.18. The van der Waals surface area contributed by atoms with Gasteiger partial charge in [0, 0.05) is 31.9 Å². The van der Waals surface area contributed by atoms with Gasteiger partial charge >= 0.3 is 0 Å². The number of Topliss-reactive ketones (excluding diaryl/α,β-unsaturated/α-hetero) is 1. The lowest BCUT2D eigenvalue weighted by Gasteiger charge is -2.12. The maximum atomic E-state index is 12.6. The van der Waals surface area contributed by atoms with Gasteiger partial charge in [-0.15, -0.1) is 11.3 Å². The van der Waals surface area contributed by atoms with E-state index in [1.54, 1.807) is 11.3 Å². The third-order valence-corrected chi connectivity index (χ3v) is 6.25. The second kappa shape index (κ2) is 6.40. The quantitative estimate of drug-likeness (QED) is 0.475. The Hall–Kier alpha value is -0.670. The van der Waals surface area contributed by atoms with Gasteiger partial charge in [0.1, 0.15) is 0 Å². The highest BCUT2D eigenvalue weighted by Gasteiger charge is 2.19. The van der Waals surface area contributed by atoms with E-state index in [1.165, 1.54) is 43.2 Å². The predicted octanol–water partition coefficient (Wildman–Crippen LogP) is 6.21. The van der Waals surface area contributed by atoms with Crippen molar-refractivity contribution in [3.8, 4) is 0 Å². The van der Waals surface area contributed by atoms with Crippen LogP contribution in [0.3, 0.4) is 0 Å². The number of rotatable bonds is 3. The molecule has 0 spiro atoms. The molecule has 0 amide bonds. The SMILES string of the molecule is O=C(CC1CCCCCC1)c1csc2c(Br)cccc12. The number of carbonyl (C=O) groups excluding carboxylic acids is 1. The van der Waals surface area contributed by atoms with E-state index < -0.39 is 0 Å². The fourth-order valence-corrected chi connectivity index (χ4v) is 4.80. The van der Waals surface area contributed by atoms with E-state index in [0.29, 0.717) is 11.7 Å². The van der Waals surface area contributed by atoms with E-state index in [-0.39, 0.29) is 0 Å². The molecule has 1 nitrogen and oxygen atoms in total. The molecule has 0 bridgehead atoms. The van der Waals surface area contributed by atoms with Gasteiger partial charge in [-0.3, -0.25) is 4.79 Å². The number of hydrogen-bond donors (Lipinski definition) is 0. The van der Waals surface area contributed by atoms with Gasteiger partial charge in [0.25, 0.3) is 0 Å². The summed E-state index contributed by atoms with van der Waals surface area (Å²) in [5.41, 5.74) is 0.926. The van der Waals surface area contributed by atoms with Crippen molar-refractivity contribution in [1.29, 1.82) is 0 Å². The smallest absolute Gasteiger partial charge is 0.164 e. The molecule has 2 aromatic rings. The molecule has 1 aliphatic carbocycles. The first kappa shape index (κ1) is 14.3. The topological polar surface area (TPSA) is 17.1 Å². The molecule has 1 aromatic heterocycles. The Labute approximate surface area is 132 Å². The summed E-state index contributed by atoms with van der Waals surface area (Å²) in [6.07, 6.45) is 8.49. The Bertz CT molecular complexity index is 608. The van der Waals surface area contributed by atoms with Crippen LogP contribution in [0.5, 0.6) is 0 Å². The van der Waals surface area contributed by atoms with Gasteiger partial charge in [-0.1, -0.05) is 50.7 Å². The molecule has 1 saturated carbocycles. The molecule has 1 heterocycles. The minimum absolute atomic E-state index is 0.334. The van der Waals surface area contributed by atoms with Crippen LogP contribution in [-0.2, 0) is 0 Å². The summed E-state index contributed by atoms with van der Waals surface area (Å²) in [6.45, 7) is 0. The number of ketones is 1. The summed E-state index contributed by atoms with van der Waals surface area (Å²) in [5.74, 6) is 0.938. The summed E-state index contributed by atoms with van der Waals surface area (Å²) in [6, 6.07) is 6.12. The van der Waals surface area contributed by atoms with Crippen molar-refractivity contribution >= 4 is 43.1 Å². The predicted molar refractivity (Wildman–Crippen MR) is 89.7 cm³/mol. The summed E-state index contributed by atoms with van der Waals surface area (Å²) in [4.78, 5) is 12.6. The van der Waals surface area contributed by atoms with Crippen molar-refractivity contribution in [2.45, 2.75) is 44.9 Å². The monoisotopic (exact) mass is 350 g/mol. The van der Waals surface area contributed by atoms with Gasteiger partial charge in [-0.2, -0.15) is 0 Å². The summed E-state index contributed by atoms with van der Waals surface area (Å²) < 4.78 is 2.28. The van der Waals surface area contributed by atoms with Crippen LogP contribution in [0.4, 0.5) is 0 Å². The molecule has 106 valence electrons. The number of hydrogen-bond acceptors (Lipinski definition) is 2. The molecule has 20 heavy (non-hydrogen) atoms. The number of fused-ring (bicyclic) bond motifs is 1. The molecule has 1 aromatic carbocycles. The standard InChI is InChI=1S/C17H19BrOS/c18-15-9-5-8-13-14(11-20-17(13)15)16(19)10-12-6-3-1-2-4-7-12/h5,8-9,11-12H,1-4,6-7,10H2. The number of thiophene rings is 1. The zero-order valence-corrected chi connectivity index (χ0v) is 13.9. The first-order chi connectivity index (χ1) is 9.75. The van der Waals surface area contributed by atoms with Gasteiger partial charge in [0.15, 0.2) is 5.78 Å². The van der Waals surface area contributed by atoms with Crippen molar-refractivity contribution < 1.29 is 4.79 Å². The van der Waals surface area contributed by atoms with Crippen LogP contribution in [-0.4, -0.2) is 5.78 Å². The molecule has 0 N–H and O–H groups in total.